The van der Waals surface area contributed by atoms with Crippen LogP contribution in [0.1, 0.15) is 27.2 Å². The van der Waals surface area contributed by atoms with Gasteiger partial charge in [0.15, 0.2) is 0 Å². The van der Waals surface area contributed by atoms with Crippen molar-refractivity contribution in [2.45, 2.75) is 33.2 Å². The standard InChI is InChI=1S/C7H14N2O2/c1-4-5(2)8-9-6(3)7(10)11/h5,8H,4H2,1-3H3,(H,10,11)/b9-6-. The van der Waals surface area contributed by atoms with E-state index in [0.717, 1.165) is 6.42 Å². The van der Waals surface area contributed by atoms with Crippen LogP contribution in [0.25, 0.3) is 0 Å². The number of hydrogen-bond acceptors (Lipinski definition) is 3. The molecule has 64 valence electrons. The van der Waals surface area contributed by atoms with Crippen LogP contribution in [0.2, 0.25) is 0 Å². The molecule has 0 aliphatic rings. The molecular formula is C7H14N2O2. The first-order valence-corrected chi connectivity index (χ1v) is 3.61. The molecule has 0 amide bonds. The van der Waals surface area contributed by atoms with E-state index in [1.807, 2.05) is 13.8 Å². The zero-order chi connectivity index (χ0) is 8.85. The summed E-state index contributed by atoms with van der Waals surface area (Å²) >= 11 is 0. The SMILES string of the molecule is CCC(C)N/N=C(/C)C(=O)O. The Kier molecular flexibility index (Phi) is 4.26. The molecule has 1 unspecified atom stereocenters. The van der Waals surface area contributed by atoms with Gasteiger partial charge >= 0.3 is 5.97 Å². The number of carboxylic acids is 1. The van der Waals surface area contributed by atoms with E-state index in [1.165, 1.54) is 6.92 Å². The summed E-state index contributed by atoms with van der Waals surface area (Å²) in [6.45, 7) is 5.40. The maximum Gasteiger partial charge on any atom is 0.351 e. The number of carbonyl (C=O) groups is 1. The number of rotatable bonds is 4. The molecule has 0 spiro atoms. The summed E-state index contributed by atoms with van der Waals surface area (Å²) in [5, 5.41) is 12.1. The Balaban J connectivity index is 3.82. The maximum atomic E-state index is 10.2. The van der Waals surface area contributed by atoms with E-state index in [2.05, 4.69) is 10.5 Å². The monoisotopic (exact) mass is 158 g/mol. The number of aliphatic carboxylic acids is 1. The number of carboxylic acid groups (broad SMARTS) is 1. The summed E-state index contributed by atoms with van der Waals surface area (Å²) in [6, 6.07) is 0.226. The second-order valence-corrected chi connectivity index (χ2v) is 2.44. The van der Waals surface area contributed by atoms with E-state index in [1.54, 1.807) is 0 Å². The molecule has 4 nitrogen and oxygen atoms in total. The minimum Gasteiger partial charge on any atom is -0.477 e. The summed E-state index contributed by atoms with van der Waals surface area (Å²) in [4.78, 5) is 10.2. The Morgan fingerprint density at radius 2 is 2.27 bits per heavy atom. The molecule has 1 atom stereocenters. The lowest BCUT2D eigenvalue weighted by atomic mass is 10.3. The Labute approximate surface area is 66.3 Å². The number of hydrazone groups is 1. The van der Waals surface area contributed by atoms with E-state index in [-0.39, 0.29) is 11.8 Å². The normalized spacial score (nSPS) is 14.3. The molecule has 0 aliphatic carbocycles. The Morgan fingerprint density at radius 3 is 2.64 bits per heavy atom. The first-order chi connectivity index (χ1) is 5.07. The van der Waals surface area contributed by atoms with E-state index in [4.69, 9.17) is 5.11 Å². The quantitative estimate of drug-likeness (QED) is 0.470. The van der Waals surface area contributed by atoms with Crippen molar-refractivity contribution in [2.24, 2.45) is 5.10 Å². The molecule has 0 rings (SSSR count). The van der Waals surface area contributed by atoms with Gasteiger partial charge in [0.05, 0.1) is 0 Å². The predicted molar refractivity (Wildman–Crippen MR) is 43.6 cm³/mol. The third-order valence-corrected chi connectivity index (χ3v) is 1.37. The van der Waals surface area contributed by atoms with Gasteiger partial charge in [-0.3, -0.25) is 0 Å². The van der Waals surface area contributed by atoms with Crippen molar-refractivity contribution >= 4 is 11.7 Å². The predicted octanol–water partition coefficient (Wildman–Crippen LogP) is 0.835. The van der Waals surface area contributed by atoms with E-state index >= 15 is 0 Å². The number of nitrogens with one attached hydrogen (secondary N) is 1. The summed E-state index contributed by atoms with van der Waals surface area (Å²) in [5.41, 5.74) is 2.81. The lowest BCUT2D eigenvalue weighted by Gasteiger charge is -2.06. The molecule has 0 fully saturated rings. The second-order valence-electron chi connectivity index (χ2n) is 2.44. The fourth-order valence-electron chi connectivity index (χ4n) is 0.346. The fourth-order valence-corrected chi connectivity index (χ4v) is 0.346. The molecule has 0 saturated heterocycles. The fraction of sp³-hybridized carbons (Fsp3) is 0.714. The van der Waals surface area contributed by atoms with Crippen molar-refractivity contribution in [3.8, 4) is 0 Å². The molecular weight excluding hydrogens is 144 g/mol. The van der Waals surface area contributed by atoms with E-state index in [0.29, 0.717) is 0 Å². The Hall–Kier alpha value is -1.06. The van der Waals surface area contributed by atoms with Crippen molar-refractivity contribution in [2.75, 3.05) is 0 Å². The first kappa shape index (κ1) is 9.94. The van der Waals surface area contributed by atoms with Crippen LogP contribution in [0.3, 0.4) is 0 Å². The van der Waals surface area contributed by atoms with Crippen LogP contribution in [-0.4, -0.2) is 22.8 Å². The van der Waals surface area contributed by atoms with Crippen molar-refractivity contribution in [1.82, 2.24) is 5.43 Å². The van der Waals surface area contributed by atoms with Gasteiger partial charge in [-0.05, 0) is 20.3 Å². The topological polar surface area (TPSA) is 61.7 Å². The average Bonchev–Trinajstić information content (AvgIpc) is 1.99. The van der Waals surface area contributed by atoms with Gasteiger partial charge in [0.2, 0.25) is 0 Å². The van der Waals surface area contributed by atoms with E-state index in [9.17, 15) is 4.79 Å². The van der Waals surface area contributed by atoms with Crippen LogP contribution < -0.4 is 5.43 Å². The smallest absolute Gasteiger partial charge is 0.351 e. The first-order valence-electron chi connectivity index (χ1n) is 3.61. The maximum absolute atomic E-state index is 10.2. The zero-order valence-corrected chi connectivity index (χ0v) is 7.09. The minimum atomic E-state index is -0.985. The van der Waals surface area contributed by atoms with E-state index < -0.39 is 5.97 Å². The van der Waals surface area contributed by atoms with Crippen LogP contribution in [0.4, 0.5) is 0 Å². The molecule has 0 bridgehead atoms. The highest BCUT2D eigenvalue weighted by molar-refractivity contribution is 6.34. The Morgan fingerprint density at radius 1 is 1.73 bits per heavy atom. The summed E-state index contributed by atoms with van der Waals surface area (Å²) in [6.07, 6.45) is 0.927. The molecule has 0 radical (unpaired) electrons. The van der Waals surface area contributed by atoms with Gasteiger partial charge in [0.1, 0.15) is 5.71 Å². The molecule has 0 aromatic carbocycles. The van der Waals surface area contributed by atoms with Crippen molar-refractivity contribution in [3.05, 3.63) is 0 Å². The second kappa shape index (κ2) is 4.71. The zero-order valence-electron chi connectivity index (χ0n) is 7.09. The highest BCUT2D eigenvalue weighted by Crippen LogP contribution is 1.87. The van der Waals surface area contributed by atoms with Crippen molar-refractivity contribution in [1.29, 1.82) is 0 Å². The van der Waals surface area contributed by atoms with Crippen LogP contribution in [0.5, 0.6) is 0 Å². The van der Waals surface area contributed by atoms with Crippen LogP contribution >= 0.6 is 0 Å². The molecule has 0 saturated carbocycles. The van der Waals surface area contributed by atoms with Crippen LogP contribution in [0, 0.1) is 0 Å². The van der Waals surface area contributed by atoms with Gasteiger partial charge in [-0.25, -0.2) is 4.79 Å². The third-order valence-electron chi connectivity index (χ3n) is 1.37. The van der Waals surface area contributed by atoms with Gasteiger partial charge in [-0.2, -0.15) is 5.10 Å². The van der Waals surface area contributed by atoms with Crippen molar-refractivity contribution < 1.29 is 9.90 Å². The minimum absolute atomic E-state index is 0.0882. The highest BCUT2D eigenvalue weighted by atomic mass is 16.4. The lowest BCUT2D eigenvalue weighted by molar-refractivity contribution is -0.129. The van der Waals surface area contributed by atoms with Gasteiger partial charge in [0, 0.05) is 6.04 Å². The molecule has 11 heavy (non-hydrogen) atoms. The molecule has 0 aliphatic heterocycles. The van der Waals surface area contributed by atoms with Gasteiger partial charge in [-0.15, -0.1) is 0 Å². The van der Waals surface area contributed by atoms with Gasteiger partial charge < -0.3 is 10.5 Å². The number of hydrogen-bond donors (Lipinski definition) is 2. The van der Waals surface area contributed by atoms with Crippen LogP contribution in [0.15, 0.2) is 5.10 Å². The molecule has 2 N–H and O–H groups in total. The van der Waals surface area contributed by atoms with Crippen molar-refractivity contribution in [3.63, 3.8) is 0 Å². The van der Waals surface area contributed by atoms with Crippen LogP contribution in [-0.2, 0) is 4.79 Å². The highest BCUT2D eigenvalue weighted by Gasteiger charge is 2.01. The Bertz CT molecular complexity index is 166. The van der Waals surface area contributed by atoms with Gasteiger partial charge in [-0.1, -0.05) is 6.92 Å². The molecule has 4 heteroatoms. The summed E-state index contributed by atoms with van der Waals surface area (Å²) in [5.74, 6) is -0.985. The number of nitrogens with zero attached hydrogens (tertiary/aromatic N) is 1. The molecule has 0 heterocycles. The molecule has 0 aromatic rings. The average molecular weight is 158 g/mol. The summed E-state index contributed by atoms with van der Waals surface area (Å²) in [7, 11) is 0. The molecule has 0 aromatic heterocycles. The largest absolute Gasteiger partial charge is 0.477 e. The third kappa shape index (κ3) is 4.36. The lowest BCUT2D eigenvalue weighted by Crippen LogP contribution is -2.22. The summed E-state index contributed by atoms with van der Waals surface area (Å²) < 4.78 is 0. The van der Waals surface area contributed by atoms with Gasteiger partial charge in [0.25, 0.3) is 0 Å².